The molecular formula is C18H25F2N3O2. The summed E-state index contributed by atoms with van der Waals surface area (Å²) in [6.45, 7) is 7.58. The average Bonchev–Trinajstić information content (AvgIpc) is 3.00. The van der Waals surface area contributed by atoms with E-state index in [1.54, 1.807) is 25.7 Å². The fourth-order valence-electron chi connectivity index (χ4n) is 3.30. The van der Waals surface area contributed by atoms with Crippen molar-refractivity contribution in [3.05, 3.63) is 29.3 Å². The van der Waals surface area contributed by atoms with E-state index in [-0.39, 0.29) is 6.54 Å². The summed E-state index contributed by atoms with van der Waals surface area (Å²) in [4.78, 5) is 15.3. The van der Waals surface area contributed by atoms with Crippen LogP contribution in [0.5, 0.6) is 0 Å². The van der Waals surface area contributed by atoms with Crippen molar-refractivity contribution in [2.24, 2.45) is 0 Å². The summed E-state index contributed by atoms with van der Waals surface area (Å²) >= 11 is 0. The first-order valence-corrected chi connectivity index (χ1v) is 8.60. The third-order valence-corrected chi connectivity index (χ3v) is 4.51. The number of piperazine rings is 1. The Morgan fingerprint density at radius 3 is 2.64 bits per heavy atom. The van der Waals surface area contributed by atoms with Crippen molar-refractivity contribution in [3.8, 4) is 0 Å². The van der Waals surface area contributed by atoms with E-state index >= 15 is 0 Å². The lowest BCUT2D eigenvalue weighted by Crippen LogP contribution is -2.58. The zero-order valence-electron chi connectivity index (χ0n) is 14.9. The zero-order chi connectivity index (χ0) is 18.2. The Morgan fingerprint density at radius 1 is 1.24 bits per heavy atom. The molecule has 1 N–H and O–H groups in total. The van der Waals surface area contributed by atoms with Gasteiger partial charge in [-0.3, -0.25) is 0 Å². The summed E-state index contributed by atoms with van der Waals surface area (Å²) in [6, 6.07) is 4.83. The SMILES string of the molecule is CC(C)(C)OC(=O)N1CCN(c2ccc3c(c2)CNC3)C(C(F)F)C1. The highest BCUT2D eigenvalue weighted by atomic mass is 19.3. The van der Waals surface area contributed by atoms with Crippen LogP contribution in [0.25, 0.3) is 0 Å². The van der Waals surface area contributed by atoms with Crippen molar-refractivity contribution < 1.29 is 18.3 Å². The predicted octanol–water partition coefficient (Wildman–Crippen LogP) is 2.98. The minimum atomic E-state index is -2.54. The fraction of sp³-hybridized carbons (Fsp3) is 0.611. The van der Waals surface area contributed by atoms with E-state index < -0.39 is 24.2 Å². The maximum absolute atomic E-state index is 13.7. The second kappa shape index (κ2) is 6.78. The smallest absolute Gasteiger partial charge is 0.410 e. The van der Waals surface area contributed by atoms with Gasteiger partial charge in [0.1, 0.15) is 11.6 Å². The summed E-state index contributed by atoms with van der Waals surface area (Å²) in [5.74, 6) is 0. The number of anilines is 1. The average molecular weight is 353 g/mol. The van der Waals surface area contributed by atoms with Crippen LogP contribution in [0.2, 0.25) is 0 Å². The molecule has 2 aliphatic heterocycles. The lowest BCUT2D eigenvalue weighted by molar-refractivity contribution is 0.0121. The van der Waals surface area contributed by atoms with Crippen molar-refractivity contribution in [1.82, 2.24) is 10.2 Å². The molecule has 1 fully saturated rings. The number of hydrogen-bond donors (Lipinski definition) is 1. The van der Waals surface area contributed by atoms with Gasteiger partial charge in [0.15, 0.2) is 0 Å². The van der Waals surface area contributed by atoms with E-state index in [0.717, 1.165) is 24.3 Å². The number of halogens is 2. The first kappa shape index (κ1) is 17.9. The number of carbonyl (C=O) groups excluding carboxylic acids is 1. The minimum Gasteiger partial charge on any atom is -0.444 e. The molecule has 0 radical (unpaired) electrons. The van der Waals surface area contributed by atoms with Crippen LogP contribution in [0.4, 0.5) is 19.3 Å². The molecule has 1 atom stereocenters. The molecule has 1 saturated heterocycles. The largest absolute Gasteiger partial charge is 0.444 e. The van der Waals surface area contributed by atoms with Gasteiger partial charge in [0, 0.05) is 38.4 Å². The number of amides is 1. The molecular weight excluding hydrogens is 328 g/mol. The van der Waals surface area contributed by atoms with Crippen molar-refractivity contribution in [1.29, 1.82) is 0 Å². The summed E-state index contributed by atoms with van der Waals surface area (Å²) in [5, 5.41) is 3.26. The number of nitrogens with one attached hydrogen (secondary N) is 1. The van der Waals surface area contributed by atoms with E-state index in [1.807, 2.05) is 18.2 Å². The normalized spacial score (nSPS) is 20.8. The Hall–Kier alpha value is -1.89. The highest BCUT2D eigenvalue weighted by Crippen LogP contribution is 2.28. The highest BCUT2D eigenvalue weighted by Gasteiger charge is 2.37. The fourth-order valence-corrected chi connectivity index (χ4v) is 3.30. The molecule has 1 unspecified atom stereocenters. The first-order valence-electron chi connectivity index (χ1n) is 8.60. The number of alkyl halides is 2. The number of carbonyl (C=O) groups is 1. The number of benzene rings is 1. The molecule has 5 nitrogen and oxygen atoms in total. The molecule has 138 valence electrons. The third kappa shape index (κ3) is 4.03. The monoisotopic (exact) mass is 353 g/mol. The van der Waals surface area contributed by atoms with Crippen LogP contribution < -0.4 is 10.2 Å². The van der Waals surface area contributed by atoms with Crippen molar-refractivity contribution in [2.75, 3.05) is 24.5 Å². The Labute approximate surface area is 146 Å². The first-order chi connectivity index (χ1) is 11.7. The van der Waals surface area contributed by atoms with Gasteiger partial charge in [-0.1, -0.05) is 6.07 Å². The van der Waals surface area contributed by atoms with Gasteiger partial charge in [-0.25, -0.2) is 13.6 Å². The Bertz CT molecular complexity index is 646. The number of rotatable bonds is 2. The third-order valence-electron chi connectivity index (χ3n) is 4.51. The van der Waals surface area contributed by atoms with E-state index in [9.17, 15) is 13.6 Å². The lowest BCUT2D eigenvalue weighted by Gasteiger charge is -2.42. The topological polar surface area (TPSA) is 44.8 Å². The van der Waals surface area contributed by atoms with Gasteiger partial charge in [-0.2, -0.15) is 0 Å². The lowest BCUT2D eigenvalue weighted by atomic mass is 10.1. The van der Waals surface area contributed by atoms with Crippen LogP contribution in [0.1, 0.15) is 31.9 Å². The molecule has 2 aliphatic rings. The van der Waals surface area contributed by atoms with Crippen molar-refractivity contribution >= 4 is 11.8 Å². The second-order valence-corrected chi connectivity index (χ2v) is 7.58. The van der Waals surface area contributed by atoms with E-state index in [4.69, 9.17) is 4.74 Å². The van der Waals surface area contributed by atoms with Gasteiger partial charge >= 0.3 is 6.09 Å². The van der Waals surface area contributed by atoms with Crippen LogP contribution in [-0.2, 0) is 17.8 Å². The molecule has 0 aromatic heterocycles. The van der Waals surface area contributed by atoms with Gasteiger partial charge in [0.2, 0.25) is 0 Å². The summed E-state index contributed by atoms with van der Waals surface area (Å²) < 4.78 is 32.7. The van der Waals surface area contributed by atoms with Crippen molar-refractivity contribution in [3.63, 3.8) is 0 Å². The number of nitrogens with zero attached hydrogens (tertiary/aromatic N) is 2. The van der Waals surface area contributed by atoms with Gasteiger partial charge in [-0.15, -0.1) is 0 Å². The van der Waals surface area contributed by atoms with Crippen molar-refractivity contribution in [2.45, 2.75) is 51.9 Å². The molecule has 0 aliphatic carbocycles. The molecule has 1 aromatic rings. The molecule has 25 heavy (non-hydrogen) atoms. The van der Waals surface area contributed by atoms with Gasteiger partial charge in [-0.05, 0) is 44.0 Å². The standard InChI is InChI=1S/C18H25F2N3O2/c1-18(2,3)25-17(24)22-6-7-23(15(11-22)16(19)20)14-5-4-12-9-21-10-13(12)8-14/h4-5,8,15-16,21H,6-7,9-11H2,1-3H3. The predicted molar refractivity (Wildman–Crippen MR) is 91.9 cm³/mol. The van der Waals surface area contributed by atoms with Crippen LogP contribution in [0.3, 0.4) is 0 Å². The molecule has 2 heterocycles. The molecule has 0 spiro atoms. The van der Waals surface area contributed by atoms with Crippen LogP contribution >= 0.6 is 0 Å². The van der Waals surface area contributed by atoms with Gasteiger partial charge in [0.05, 0.1) is 0 Å². The number of hydrogen-bond acceptors (Lipinski definition) is 4. The molecule has 0 saturated carbocycles. The quantitative estimate of drug-likeness (QED) is 0.888. The summed E-state index contributed by atoms with van der Waals surface area (Å²) in [6.07, 6.45) is -3.08. The summed E-state index contributed by atoms with van der Waals surface area (Å²) in [7, 11) is 0. The maximum atomic E-state index is 13.7. The molecule has 0 bridgehead atoms. The molecule has 3 rings (SSSR count). The van der Waals surface area contributed by atoms with Crippen LogP contribution in [-0.4, -0.2) is 48.7 Å². The highest BCUT2D eigenvalue weighted by molar-refractivity contribution is 5.69. The van der Waals surface area contributed by atoms with Gasteiger partial charge < -0.3 is 19.9 Å². The Kier molecular flexibility index (Phi) is 4.86. The number of fused-ring (bicyclic) bond motifs is 1. The molecule has 1 aromatic carbocycles. The second-order valence-electron chi connectivity index (χ2n) is 7.58. The van der Waals surface area contributed by atoms with E-state index in [2.05, 4.69) is 5.32 Å². The Balaban J connectivity index is 1.75. The number of ether oxygens (including phenoxy) is 1. The van der Waals surface area contributed by atoms with Crippen LogP contribution in [0.15, 0.2) is 18.2 Å². The molecule has 1 amide bonds. The van der Waals surface area contributed by atoms with Gasteiger partial charge in [0.25, 0.3) is 6.43 Å². The Morgan fingerprint density at radius 2 is 1.96 bits per heavy atom. The van der Waals surface area contributed by atoms with E-state index in [1.165, 1.54) is 10.5 Å². The zero-order valence-corrected chi connectivity index (χ0v) is 14.9. The molecule has 7 heteroatoms. The summed E-state index contributed by atoms with van der Waals surface area (Å²) in [5.41, 5.74) is 2.52. The maximum Gasteiger partial charge on any atom is 0.410 e. The minimum absolute atomic E-state index is 0.0398. The van der Waals surface area contributed by atoms with Crippen LogP contribution in [0, 0.1) is 0 Å². The van der Waals surface area contributed by atoms with E-state index in [0.29, 0.717) is 13.1 Å².